The molecular formula is C12H18. The normalized spacial score (nSPS) is 20.0. The highest BCUT2D eigenvalue weighted by molar-refractivity contribution is 5.35. The van der Waals surface area contributed by atoms with Crippen molar-refractivity contribution in [2.75, 3.05) is 0 Å². The molecule has 0 fully saturated rings. The SMILES string of the molecule is C=C1C=CC(C)(CCCC)C=C1. The number of allylic oxidation sites excluding steroid dienone is 5. The Bertz CT molecular complexity index is 202. The van der Waals surface area contributed by atoms with E-state index in [2.05, 4.69) is 44.7 Å². The second-order valence-corrected chi connectivity index (χ2v) is 3.85. The molecule has 0 nitrogen and oxygen atoms in total. The first-order chi connectivity index (χ1) is 5.66. The monoisotopic (exact) mass is 162 g/mol. The van der Waals surface area contributed by atoms with E-state index in [1.165, 1.54) is 19.3 Å². The van der Waals surface area contributed by atoms with Crippen LogP contribution in [0.2, 0.25) is 0 Å². The lowest BCUT2D eigenvalue weighted by Crippen LogP contribution is -2.11. The zero-order chi connectivity index (χ0) is 9.03. The summed E-state index contributed by atoms with van der Waals surface area (Å²) < 4.78 is 0. The van der Waals surface area contributed by atoms with Crippen LogP contribution in [-0.4, -0.2) is 0 Å². The molecule has 0 unspecified atom stereocenters. The van der Waals surface area contributed by atoms with Crippen LogP contribution in [0.15, 0.2) is 36.5 Å². The summed E-state index contributed by atoms with van der Waals surface area (Å²) in [5, 5.41) is 0. The molecule has 0 N–H and O–H groups in total. The predicted molar refractivity (Wildman–Crippen MR) is 55.1 cm³/mol. The molecule has 1 rings (SSSR count). The lowest BCUT2D eigenvalue weighted by Gasteiger charge is -2.24. The number of rotatable bonds is 3. The van der Waals surface area contributed by atoms with E-state index >= 15 is 0 Å². The van der Waals surface area contributed by atoms with Crippen LogP contribution in [0.4, 0.5) is 0 Å². The minimum Gasteiger partial charge on any atom is -0.0918 e. The van der Waals surface area contributed by atoms with Crippen LogP contribution in [0, 0.1) is 5.41 Å². The van der Waals surface area contributed by atoms with Gasteiger partial charge in [0.05, 0.1) is 0 Å². The molecule has 0 saturated carbocycles. The zero-order valence-corrected chi connectivity index (χ0v) is 8.14. The van der Waals surface area contributed by atoms with Crippen LogP contribution in [0.5, 0.6) is 0 Å². The second kappa shape index (κ2) is 3.75. The predicted octanol–water partition coefficient (Wildman–Crippen LogP) is 3.87. The Kier molecular flexibility index (Phi) is 2.91. The van der Waals surface area contributed by atoms with Gasteiger partial charge < -0.3 is 0 Å². The molecule has 1 aliphatic carbocycles. The van der Waals surface area contributed by atoms with Gasteiger partial charge in [0.1, 0.15) is 0 Å². The van der Waals surface area contributed by atoms with E-state index in [4.69, 9.17) is 0 Å². The summed E-state index contributed by atoms with van der Waals surface area (Å²) >= 11 is 0. The second-order valence-electron chi connectivity index (χ2n) is 3.85. The van der Waals surface area contributed by atoms with Crippen molar-refractivity contribution in [1.29, 1.82) is 0 Å². The van der Waals surface area contributed by atoms with Gasteiger partial charge in [-0.25, -0.2) is 0 Å². The van der Waals surface area contributed by atoms with Gasteiger partial charge in [0.25, 0.3) is 0 Å². The largest absolute Gasteiger partial charge is 0.0918 e. The molecule has 0 aromatic carbocycles. The zero-order valence-electron chi connectivity index (χ0n) is 8.14. The van der Waals surface area contributed by atoms with E-state index in [1.807, 2.05) is 0 Å². The molecule has 12 heavy (non-hydrogen) atoms. The van der Waals surface area contributed by atoms with Crippen molar-refractivity contribution in [2.24, 2.45) is 5.41 Å². The molecule has 0 amide bonds. The summed E-state index contributed by atoms with van der Waals surface area (Å²) in [7, 11) is 0. The van der Waals surface area contributed by atoms with E-state index in [-0.39, 0.29) is 5.41 Å². The van der Waals surface area contributed by atoms with Crippen molar-refractivity contribution in [3.05, 3.63) is 36.5 Å². The van der Waals surface area contributed by atoms with E-state index in [0.717, 1.165) is 5.57 Å². The topological polar surface area (TPSA) is 0 Å². The van der Waals surface area contributed by atoms with Crippen molar-refractivity contribution < 1.29 is 0 Å². The fraction of sp³-hybridized carbons (Fsp3) is 0.500. The first-order valence-electron chi connectivity index (χ1n) is 4.74. The standard InChI is InChI=1S/C12H18/c1-4-5-8-12(3)9-6-11(2)7-10-12/h6-7,9-10H,2,4-5,8H2,1,3H3. The molecule has 0 bridgehead atoms. The molecule has 66 valence electrons. The van der Waals surface area contributed by atoms with Gasteiger partial charge in [-0.15, -0.1) is 0 Å². The van der Waals surface area contributed by atoms with Crippen LogP contribution in [0.3, 0.4) is 0 Å². The Balaban J connectivity index is 2.55. The van der Waals surface area contributed by atoms with E-state index in [1.54, 1.807) is 0 Å². The average Bonchev–Trinajstić information content (AvgIpc) is 2.08. The third kappa shape index (κ3) is 2.37. The Hall–Kier alpha value is -0.780. The maximum atomic E-state index is 3.89. The van der Waals surface area contributed by atoms with Crippen LogP contribution >= 0.6 is 0 Å². The molecule has 0 aromatic heterocycles. The summed E-state index contributed by atoms with van der Waals surface area (Å²) in [4.78, 5) is 0. The van der Waals surface area contributed by atoms with Gasteiger partial charge >= 0.3 is 0 Å². The molecule has 0 spiro atoms. The molecule has 0 radical (unpaired) electrons. The number of hydrogen-bond donors (Lipinski definition) is 0. The fourth-order valence-corrected chi connectivity index (χ4v) is 1.43. The van der Waals surface area contributed by atoms with Gasteiger partial charge in [-0.3, -0.25) is 0 Å². The number of unbranched alkanes of at least 4 members (excludes halogenated alkanes) is 1. The molecular weight excluding hydrogens is 144 g/mol. The minimum atomic E-state index is 0.289. The van der Waals surface area contributed by atoms with Gasteiger partial charge in [-0.1, -0.05) is 57.6 Å². The highest BCUT2D eigenvalue weighted by atomic mass is 14.2. The highest BCUT2D eigenvalue weighted by Gasteiger charge is 2.17. The van der Waals surface area contributed by atoms with E-state index < -0.39 is 0 Å². The maximum absolute atomic E-state index is 3.89. The first kappa shape index (κ1) is 9.31. The Labute approximate surface area is 75.7 Å². The summed E-state index contributed by atoms with van der Waals surface area (Å²) in [6, 6.07) is 0. The molecule has 0 saturated heterocycles. The van der Waals surface area contributed by atoms with Gasteiger partial charge in [-0.05, 0) is 12.0 Å². The lowest BCUT2D eigenvalue weighted by atomic mass is 9.81. The van der Waals surface area contributed by atoms with E-state index in [9.17, 15) is 0 Å². The summed E-state index contributed by atoms with van der Waals surface area (Å²) in [5.41, 5.74) is 1.40. The quantitative estimate of drug-likeness (QED) is 0.591. The summed E-state index contributed by atoms with van der Waals surface area (Å²) in [6.07, 6.45) is 12.6. The van der Waals surface area contributed by atoms with Crippen LogP contribution < -0.4 is 0 Å². The Morgan fingerprint density at radius 3 is 2.42 bits per heavy atom. The molecule has 0 aliphatic heterocycles. The van der Waals surface area contributed by atoms with Gasteiger partial charge in [-0.2, -0.15) is 0 Å². The average molecular weight is 162 g/mol. The maximum Gasteiger partial charge on any atom is 0.00393 e. The minimum absolute atomic E-state index is 0.289. The van der Waals surface area contributed by atoms with Crippen LogP contribution in [0.1, 0.15) is 33.1 Å². The molecule has 0 heterocycles. The van der Waals surface area contributed by atoms with Gasteiger partial charge in [0.2, 0.25) is 0 Å². The molecule has 1 aliphatic rings. The van der Waals surface area contributed by atoms with Crippen molar-refractivity contribution in [1.82, 2.24) is 0 Å². The van der Waals surface area contributed by atoms with Crippen molar-refractivity contribution in [3.8, 4) is 0 Å². The van der Waals surface area contributed by atoms with Gasteiger partial charge in [0.15, 0.2) is 0 Å². The number of hydrogen-bond acceptors (Lipinski definition) is 0. The smallest absolute Gasteiger partial charge is 0.00393 e. The summed E-state index contributed by atoms with van der Waals surface area (Å²) in [5.74, 6) is 0. The highest BCUT2D eigenvalue weighted by Crippen LogP contribution is 2.31. The summed E-state index contributed by atoms with van der Waals surface area (Å²) in [6.45, 7) is 8.40. The van der Waals surface area contributed by atoms with Crippen LogP contribution in [-0.2, 0) is 0 Å². The third-order valence-corrected chi connectivity index (χ3v) is 2.43. The van der Waals surface area contributed by atoms with E-state index in [0.29, 0.717) is 0 Å². The Morgan fingerprint density at radius 2 is 1.92 bits per heavy atom. The molecule has 0 atom stereocenters. The first-order valence-corrected chi connectivity index (χ1v) is 4.74. The van der Waals surface area contributed by atoms with Crippen molar-refractivity contribution in [2.45, 2.75) is 33.1 Å². The lowest BCUT2D eigenvalue weighted by molar-refractivity contribution is 0.472. The molecule has 0 heteroatoms. The molecule has 0 aromatic rings. The van der Waals surface area contributed by atoms with Crippen molar-refractivity contribution in [3.63, 3.8) is 0 Å². The fourth-order valence-electron chi connectivity index (χ4n) is 1.43. The third-order valence-electron chi connectivity index (χ3n) is 2.43. The van der Waals surface area contributed by atoms with Crippen molar-refractivity contribution >= 4 is 0 Å². The van der Waals surface area contributed by atoms with Crippen LogP contribution in [0.25, 0.3) is 0 Å². The Morgan fingerprint density at radius 1 is 1.33 bits per heavy atom. The van der Waals surface area contributed by atoms with Gasteiger partial charge in [0, 0.05) is 5.41 Å².